The molecule has 3 heterocycles. The summed E-state index contributed by atoms with van der Waals surface area (Å²) >= 11 is 0. The van der Waals surface area contributed by atoms with Crippen molar-refractivity contribution in [2.75, 3.05) is 0 Å². The van der Waals surface area contributed by atoms with Crippen molar-refractivity contribution in [3.05, 3.63) is 90.0 Å². The lowest BCUT2D eigenvalue weighted by molar-refractivity contribution is 0.673. The van der Waals surface area contributed by atoms with E-state index < -0.39 is 0 Å². The fourth-order valence-electron chi connectivity index (χ4n) is 5.74. The molecule has 8 aromatic rings. The molecule has 0 bridgehead atoms. The number of nitrogens with zero attached hydrogens (tertiary/aromatic N) is 3. The average Bonchev–Trinajstić information content (AvgIpc) is 3.53. The Morgan fingerprint density at radius 2 is 1.35 bits per heavy atom. The van der Waals surface area contributed by atoms with Gasteiger partial charge in [-0.05, 0) is 47.2 Å². The van der Waals surface area contributed by atoms with Gasteiger partial charge in [0.2, 0.25) is 0 Å². The van der Waals surface area contributed by atoms with E-state index in [1.807, 2.05) is 36.4 Å². The number of furan rings is 1. The quantitative estimate of drug-likeness (QED) is 0.248. The van der Waals surface area contributed by atoms with E-state index in [0.29, 0.717) is 11.1 Å². The molecule has 3 aromatic heterocycles. The number of hydrogen-bond donors (Lipinski definition) is 0. The van der Waals surface area contributed by atoms with Gasteiger partial charge in [0.1, 0.15) is 11.2 Å². The lowest BCUT2D eigenvalue weighted by Crippen LogP contribution is -1.83. The average molecular weight is 431 g/mol. The highest BCUT2D eigenvalue weighted by Gasteiger charge is 2.24. The molecule has 0 spiro atoms. The molecule has 0 saturated carbocycles. The SMILES string of the molecule is N#Cc1ccc2c3cc4c(oc5ccc6ccccc6c54)c4c5ccc(C#N)cc5n(c2c1)c34. The Labute approximate surface area is 192 Å². The van der Waals surface area contributed by atoms with Gasteiger partial charge < -0.3 is 8.82 Å². The summed E-state index contributed by atoms with van der Waals surface area (Å²) in [6.45, 7) is 0. The van der Waals surface area contributed by atoms with Crippen molar-refractivity contribution in [2.45, 2.75) is 0 Å². The number of aromatic nitrogens is 1. The summed E-state index contributed by atoms with van der Waals surface area (Å²) in [4.78, 5) is 0. The van der Waals surface area contributed by atoms with Crippen LogP contribution in [0, 0.1) is 22.7 Å². The van der Waals surface area contributed by atoms with Gasteiger partial charge in [0.25, 0.3) is 0 Å². The first-order chi connectivity index (χ1) is 16.8. The van der Waals surface area contributed by atoms with Gasteiger partial charge in [-0.1, -0.05) is 42.5 Å². The molecule has 154 valence electrons. The lowest BCUT2D eigenvalue weighted by atomic mass is 10.00. The van der Waals surface area contributed by atoms with Crippen LogP contribution in [0.5, 0.6) is 0 Å². The van der Waals surface area contributed by atoms with Crippen LogP contribution < -0.4 is 0 Å². The Morgan fingerprint density at radius 1 is 0.618 bits per heavy atom. The smallest absolute Gasteiger partial charge is 0.145 e. The number of hydrogen-bond acceptors (Lipinski definition) is 3. The fourth-order valence-corrected chi connectivity index (χ4v) is 5.74. The number of fused-ring (bicyclic) bond motifs is 12. The Bertz CT molecular complexity index is 2250. The van der Waals surface area contributed by atoms with Crippen LogP contribution in [-0.2, 0) is 0 Å². The van der Waals surface area contributed by atoms with Crippen LogP contribution in [0.2, 0.25) is 0 Å². The first-order valence-corrected chi connectivity index (χ1v) is 11.1. The van der Waals surface area contributed by atoms with Gasteiger partial charge in [-0.2, -0.15) is 10.5 Å². The summed E-state index contributed by atoms with van der Waals surface area (Å²) in [6, 6.07) is 30.9. The zero-order valence-electron chi connectivity index (χ0n) is 17.8. The zero-order chi connectivity index (χ0) is 22.6. The minimum absolute atomic E-state index is 0.602. The van der Waals surface area contributed by atoms with Crippen LogP contribution in [0.15, 0.2) is 83.3 Å². The highest BCUT2D eigenvalue weighted by molar-refractivity contribution is 6.34. The highest BCUT2D eigenvalue weighted by atomic mass is 16.3. The van der Waals surface area contributed by atoms with Gasteiger partial charge in [0, 0.05) is 26.9 Å². The molecular formula is C30H13N3O. The normalized spacial score (nSPS) is 12.1. The van der Waals surface area contributed by atoms with Gasteiger partial charge in [0.15, 0.2) is 0 Å². The molecule has 0 atom stereocenters. The van der Waals surface area contributed by atoms with Crippen LogP contribution in [0.3, 0.4) is 0 Å². The van der Waals surface area contributed by atoms with E-state index in [2.05, 4.69) is 59.0 Å². The maximum absolute atomic E-state index is 9.57. The molecule has 34 heavy (non-hydrogen) atoms. The maximum atomic E-state index is 9.57. The van der Waals surface area contributed by atoms with Gasteiger partial charge in [-0.3, -0.25) is 0 Å². The van der Waals surface area contributed by atoms with Crippen molar-refractivity contribution in [3.8, 4) is 12.1 Å². The van der Waals surface area contributed by atoms with E-state index >= 15 is 0 Å². The van der Waals surface area contributed by atoms with Gasteiger partial charge in [-0.25, -0.2) is 0 Å². The third-order valence-electron chi connectivity index (χ3n) is 7.14. The van der Waals surface area contributed by atoms with E-state index in [1.165, 1.54) is 10.8 Å². The molecule has 4 nitrogen and oxygen atoms in total. The van der Waals surface area contributed by atoms with Gasteiger partial charge >= 0.3 is 0 Å². The first-order valence-electron chi connectivity index (χ1n) is 11.1. The van der Waals surface area contributed by atoms with Crippen LogP contribution in [0.4, 0.5) is 0 Å². The molecule has 4 heteroatoms. The Hall–Kier alpha value is -5.06. The molecule has 0 saturated heterocycles. The predicted octanol–water partition coefficient (Wildman–Crippen LogP) is 7.63. The largest absolute Gasteiger partial charge is 0.455 e. The van der Waals surface area contributed by atoms with Crippen molar-refractivity contribution in [2.24, 2.45) is 0 Å². The summed E-state index contributed by atoms with van der Waals surface area (Å²) in [6.07, 6.45) is 0. The Balaban J connectivity index is 1.74. The van der Waals surface area contributed by atoms with Crippen molar-refractivity contribution in [3.63, 3.8) is 0 Å². The molecule has 0 amide bonds. The molecule has 0 aliphatic heterocycles. The van der Waals surface area contributed by atoms with Crippen molar-refractivity contribution in [1.82, 2.24) is 4.40 Å². The topological polar surface area (TPSA) is 65.1 Å². The summed E-state index contributed by atoms with van der Waals surface area (Å²) < 4.78 is 8.73. The molecule has 0 fully saturated rings. The minimum atomic E-state index is 0.602. The molecule has 0 unspecified atom stereocenters. The molecule has 0 N–H and O–H groups in total. The number of rotatable bonds is 0. The van der Waals surface area contributed by atoms with Crippen LogP contribution in [0.1, 0.15) is 11.1 Å². The molecule has 0 aliphatic rings. The van der Waals surface area contributed by atoms with Crippen LogP contribution in [0.25, 0.3) is 70.8 Å². The van der Waals surface area contributed by atoms with E-state index in [9.17, 15) is 10.5 Å². The van der Waals surface area contributed by atoms with Gasteiger partial charge in [-0.15, -0.1) is 0 Å². The number of nitriles is 2. The zero-order valence-corrected chi connectivity index (χ0v) is 17.8. The number of benzene rings is 5. The Morgan fingerprint density at radius 3 is 2.15 bits per heavy atom. The van der Waals surface area contributed by atoms with Crippen LogP contribution in [-0.4, -0.2) is 4.40 Å². The third-order valence-corrected chi connectivity index (χ3v) is 7.14. The lowest BCUT2D eigenvalue weighted by Gasteiger charge is -2.00. The summed E-state index contributed by atoms with van der Waals surface area (Å²) in [7, 11) is 0. The molecule has 8 rings (SSSR count). The van der Waals surface area contributed by atoms with Crippen molar-refractivity contribution in [1.29, 1.82) is 10.5 Å². The van der Waals surface area contributed by atoms with Crippen molar-refractivity contribution >= 4 is 70.8 Å². The monoisotopic (exact) mass is 431 g/mol. The molecule has 0 radical (unpaired) electrons. The summed E-state index contributed by atoms with van der Waals surface area (Å²) in [5.41, 5.74) is 5.90. The molecule has 5 aromatic carbocycles. The maximum Gasteiger partial charge on any atom is 0.145 e. The second-order valence-corrected chi connectivity index (χ2v) is 8.81. The van der Waals surface area contributed by atoms with E-state index in [4.69, 9.17) is 4.42 Å². The predicted molar refractivity (Wildman–Crippen MR) is 135 cm³/mol. The summed E-state index contributed by atoms with van der Waals surface area (Å²) in [5, 5.41) is 27.9. The standard InChI is InChI=1S/C30H13N3O/c31-14-16-5-8-20-22-13-23-27-19-4-2-1-3-18(19)7-10-26(27)34-30(23)28-21-9-6-17(15-32)12-25(21)33(29(22)28)24(20)11-16/h1-13H. The molecule has 0 aliphatic carbocycles. The van der Waals surface area contributed by atoms with E-state index in [1.54, 1.807) is 0 Å². The van der Waals surface area contributed by atoms with E-state index in [-0.39, 0.29) is 0 Å². The van der Waals surface area contributed by atoms with Gasteiger partial charge in [0.05, 0.1) is 45.2 Å². The Kier molecular flexibility index (Phi) is 3.00. The second kappa shape index (κ2) is 5.84. The fraction of sp³-hybridized carbons (Fsp3) is 0. The van der Waals surface area contributed by atoms with Crippen LogP contribution >= 0.6 is 0 Å². The minimum Gasteiger partial charge on any atom is -0.455 e. The molecular weight excluding hydrogens is 418 g/mol. The van der Waals surface area contributed by atoms with E-state index in [0.717, 1.165) is 60.0 Å². The third kappa shape index (κ3) is 1.93. The summed E-state index contributed by atoms with van der Waals surface area (Å²) in [5.74, 6) is 0. The highest BCUT2D eigenvalue weighted by Crippen LogP contribution is 2.46. The first kappa shape index (κ1) is 17.5. The van der Waals surface area contributed by atoms with Crippen molar-refractivity contribution < 1.29 is 4.42 Å². The second-order valence-electron chi connectivity index (χ2n) is 8.81.